The minimum absolute atomic E-state index is 0.0570. The first kappa shape index (κ1) is 13.1. The Hall–Kier alpha value is -1.35. The van der Waals surface area contributed by atoms with E-state index in [-0.39, 0.29) is 5.78 Å². The molecule has 1 aliphatic heterocycles. The fourth-order valence-electron chi connectivity index (χ4n) is 2.28. The van der Waals surface area contributed by atoms with Gasteiger partial charge in [0, 0.05) is 18.6 Å². The molecule has 3 nitrogen and oxygen atoms in total. The molecular weight excluding hydrogens is 228 g/mol. The Kier molecular flexibility index (Phi) is 3.71. The number of benzene rings is 1. The van der Waals surface area contributed by atoms with E-state index in [1.54, 1.807) is 0 Å². The summed E-state index contributed by atoms with van der Waals surface area (Å²) < 4.78 is 11.1. The van der Waals surface area contributed by atoms with Crippen LogP contribution in [0.5, 0.6) is 5.75 Å². The molecule has 0 aliphatic carbocycles. The van der Waals surface area contributed by atoms with Crippen LogP contribution >= 0.6 is 0 Å². The van der Waals surface area contributed by atoms with Gasteiger partial charge >= 0.3 is 0 Å². The van der Waals surface area contributed by atoms with Crippen LogP contribution in [-0.4, -0.2) is 24.6 Å². The van der Waals surface area contributed by atoms with Gasteiger partial charge in [0.15, 0.2) is 5.78 Å². The molecule has 3 heteroatoms. The molecule has 1 atom stereocenters. The number of hydrogen-bond donors (Lipinski definition) is 0. The quantitative estimate of drug-likeness (QED) is 0.751. The summed E-state index contributed by atoms with van der Waals surface area (Å²) in [6, 6.07) is 5.66. The highest BCUT2D eigenvalue weighted by Gasteiger charge is 2.33. The monoisotopic (exact) mass is 248 g/mol. The Morgan fingerprint density at radius 3 is 2.89 bits per heavy atom. The van der Waals surface area contributed by atoms with Crippen molar-refractivity contribution < 1.29 is 14.3 Å². The van der Waals surface area contributed by atoms with E-state index in [1.165, 1.54) is 0 Å². The summed E-state index contributed by atoms with van der Waals surface area (Å²) in [5, 5.41) is 0. The largest absolute Gasteiger partial charge is 0.493 e. The van der Waals surface area contributed by atoms with E-state index in [4.69, 9.17) is 9.47 Å². The Bertz CT molecular complexity index is 453. The number of Topliss-reactive ketones (excluding diaryl/α,β-unsaturated/α-hetero) is 1. The van der Waals surface area contributed by atoms with Gasteiger partial charge in [0.25, 0.3) is 0 Å². The Morgan fingerprint density at radius 1 is 1.44 bits per heavy atom. The summed E-state index contributed by atoms with van der Waals surface area (Å²) in [7, 11) is 0. The van der Waals surface area contributed by atoms with Gasteiger partial charge in [-0.1, -0.05) is 6.92 Å². The van der Waals surface area contributed by atoms with Crippen LogP contribution in [0.3, 0.4) is 0 Å². The van der Waals surface area contributed by atoms with Crippen LogP contribution in [0.2, 0.25) is 0 Å². The molecule has 0 fully saturated rings. The van der Waals surface area contributed by atoms with E-state index in [0.29, 0.717) is 19.6 Å². The van der Waals surface area contributed by atoms with Crippen molar-refractivity contribution in [2.24, 2.45) is 0 Å². The van der Waals surface area contributed by atoms with Crippen molar-refractivity contribution >= 4 is 5.78 Å². The lowest BCUT2D eigenvalue weighted by atomic mass is 9.91. The second-order valence-electron chi connectivity index (χ2n) is 4.77. The second kappa shape index (κ2) is 5.11. The fourth-order valence-corrected chi connectivity index (χ4v) is 2.28. The summed E-state index contributed by atoms with van der Waals surface area (Å²) in [5.74, 6) is 0.961. The van der Waals surface area contributed by atoms with Crippen LogP contribution in [0, 0.1) is 0 Å². The van der Waals surface area contributed by atoms with E-state index in [1.807, 2.05) is 39.0 Å². The molecule has 1 aromatic carbocycles. The van der Waals surface area contributed by atoms with Gasteiger partial charge in [-0.15, -0.1) is 0 Å². The minimum Gasteiger partial charge on any atom is -0.493 e. The molecule has 1 heterocycles. The zero-order valence-electron chi connectivity index (χ0n) is 11.3. The predicted molar refractivity (Wildman–Crippen MR) is 70.3 cm³/mol. The van der Waals surface area contributed by atoms with Gasteiger partial charge in [-0.2, -0.15) is 0 Å². The molecule has 0 N–H and O–H groups in total. The van der Waals surface area contributed by atoms with E-state index >= 15 is 0 Å². The van der Waals surface area contributed by atoms with Crippen molar-refractivity contribution in [2.75, 3.05) is 13.2 Å². The zero-order chi connectivity index (χ0) is 13.2. The topological polar surface area (TPSA) is 35.5 Å². The first-order valence-electron chi connectivity index (χ1n) is 6.55. The number of ether oxygens (including phenoxy) is 2. The van der Waals surface area contributed by atoms with E-state index in [9.17, 15) is 4.79 Å². The van der Waals surface area contributed by atoms with Gasteiger partial charge in [-0.3, -0.25) is 4.79 Å². The first-order valence-corrected chi connectivity index (χ1v) is 6.55. The van der Waals surface area contributed by atoms with Crippen LogP contribution in [0.25, 0.3) is 0 Å². The summed E-state index contributed by atoms with van der Waals surface area (Å²) in [5.41, 5.74) is 1.12. The number of ketones is 1. The predicted octanol–water partition coefficient (Wildman–Crippen LogP) is 3.01. The van der Waals surface area contributed by atoms with Crippen molar-refractivity contribution in [3.63, 3.8) is 0 Å². The van der Waals surface area contributed by atoms with Gasteiger partial charge in [0.2, 0.25) is 0 Å². The normalized spacial score (nSPS) is 16.8. The third-order valence-corrected chi connectivity index (χ3v) is 3.57. The zero-order valence-corrected chi connectivity index (χ0v) is 11.3. The van der Waals surface area contributed by atoms with E-state index in [0.717, 1.165) is 23.3 Å². The van der Waals surface area contributed by atoms with Gasteiger partial charge < -0.3 is 9.47 Å². The Balaban J connectivity index is 2.28. The van der Waals surface area contributed by atoms with Crippen LogP contribution in [0.4, 0.5) is 0 Å². The van der Waals surface area contributed by atoms with Crippen molar-refractivity contribution in [1.82, 2.24) is 0 Å². The molecule has 1 aromatic rings. The van der Waals surface area contributed by atoms with E-state index < -0.39 is 5.60 Å². The molecule has 2 rings (SSSR count). The maximum Gasteiger partial charge on any atom is 0.194 e. The molecule has 0 bridgehead atoms. The highest BCUT2D eigenvalue weighted by molar-refractivity contribution is 6.02. The lowest BCUT2D eigenvalue weighted by molar-refractivity contribution is -0.0116. The first-order chi connectivity index (χ1) is 8.60. The molecule has 0 amide bonds. The lowest BCUT2D eigenvalue weighted by Crippen LogP contribution is -2.38. The molecule has 1 unspecified atom stereocenters. The fraction of sp³-hybridized carbons (Fsp3) is 0.533. The van der Waals surface area contributed by atoms with Crippen LogP contribution in [0.15, 0.2) is 18.2 Å². The number of carbonyl (C=O) groups is 1. The number of carbonyl (C=O) groups excluding carboxylic acids is 1. The second-order valence-corrected chi connectivity index (χ2v) is 4.77. The van der Waals surface area contributed by atoms with Crippen molar-refractivity contribution in [3.05, 3.63) is 29.3 Å². The van der Waals surface area contributed by atoms with Crippen LogP contribution in [0.1, 0.15) is 43.1 Å². The smallest absolute Gasteiger partial charge is 0.194 e. The molecule has 0 aromatic heterocycles. The molecule has 18 heavy (non-hydrogen) atoms. The van der Waals surface area contributed by atoms with Crippen molar-refractivity contribution in [1.29, 1.82) is 0 Å². The highest BCUT2D eigenvalue weighted by atomic mass is 16.5. The Morgan fingerprint density at radius 2 is 2.22 bits per heavy atom. The maximum absolute atomic E-state index is 12.5. The molecule has 0 saturated heterocycles. The third-order valence-electron chi connectivity index (χ3n) is 3.57. The van der Waals surface area contributed by atoms with E-state index in [2.05, 4.69) is 0 Å². The lowest BCUT2D eigenvalue weighted by Gasteiger charge is -2.26. The van der Waals surface area contributed by atoms with Gasteiger partial charge in [-0.05, 0) is 44.0 Å². The maximum atomic E-state index is 12.5. The van der Waals surface area contributed by atoms with Gasteiger partial charge in [0.05, 0.1) is 6.61 Å². The van der Waals surface area contributed by atoms with Crippen LogP contribution in [-0.2, 0) is 11.2 Å². The molecular formula is C15H20O3. The van der Waals surface area contributed by atoms with Gasteiger partial charge in [0.1, 0.15) is 11.4 Å². The molecule has 98 valence electrons. The van der Waals surface area contributed by atoms with Crippen molar-refractivity contribution in [3.8, 4) is 5.75 Å². The number of fused-ring (bicyclic) bond motifs is 1. The van der Waals surface area contributed by atoms with Crippen LogP contribution < -0.4 is 4.74 Å². The average Bonchev–Trinajstić information content (AvgIpc) is 2.85. The Labute approximate surface area is 108 Å². The summed E-state index contributed by atoms with van der Waals surface area (Å²) in [6.45, 7) is 7.01. The average molecular weight is 248 g/mol. The summed E-state index contributed by atoms with van der Waals surface area (Å²) in [6.07, 6.45) is 1.56. The minimum atomic E-state index is -0.720. The summed E-state index contributed by atoms with van der Waals surface area (Å²) in [4.78, 5) is 12.5. The molecule has 0 spiro atoms. The number of hydrogen-bond acceptors (Lipinski definition) is 3. The third kappa shape index (κ3) is 2.27. The summed E-state index contributed by atoms with van der Waals surface area (Å²) >= 11 is 0. The SMILES string of the molecule is CCOC(C)(CC)C(=O)c1ccc2c(c1)CCO2. The molecule has 0 radical (unpaired) electrons. The highest BCUT2D eigenvalue weighted by Crippen LogP contribution is 2.29. The number of rotatable bonds is 5. The molecule has 1 aliphatic rings. The van der Waals surface area contributed by atoms with Crippen molar-refractivity contribution in [2.45, 2.75) is 39.2 Å². The van der Waals surface area contributed by atoms with Gasteiger partial charge in [-0.25, -0.2) is 0 Å². The standard InChI is InChI=1S/C15H20O3/c1-4-15(3,18-5-2)14(16)12-6-7-13-11(10-12)8-9-17-13/h6-7,10H,4-5,8-9H2,1-3H3. The molecule has 0 saturated carbocycles.